The van der Waals surface area contributed by atoms with Gasteiger partial charge in [0.15, 0.2) is 0 Å². The monoisotopic (exact) mass is 362 g/mol. The van der Waals surface area contributed by atoms with Crippen molar-refractivity contribution in [3.8, 4) is 5.75 Å². The minimum atomic E-state index is -1.04. The van der Waals surface area contributed by atoms with Gasteiger partial charge in [-0.15, -0.1) is 0 Å². The molecule has 2 heterocycles. The second-order valence-electron chi connectivity index (χ2n) is 6.35. The van der Waals surface area contributed by atoms with Gasteiger partial charge >= 0.3 is 5.97 Å². The highest BCUT2D eigenvalue weighted by Crippen LogP contribution is 2.28. The number of rotatable bonds is 4. The van der Waals surface area contributed by atoms with Crippen molar-refractivity contribution in [2.24, 2.45) is 0 Å². The zero-order chi connectivity index (χ0) is 19.0. The van der Waals surface area contributed by atoms with E-state index in [0.29, 0.717) is 36.3 Å². The third-order valence-electron chi connectivity index (χ3n) is 4.63. The molecule has 27 heavy (non-hydrogen) atoms. The summed E-state index contributed by atoms with van der Waals surface area (Å²) in [4.78, 5) is 28.5. The first kappa shape index (κ1) is 17.0. The van der Waals surface area contributed by atoms with E-state index in [4.69, 9.17) is 4.74 Å². The number of hydrogen-bond acceptors (Lipinski definition) is 4. The minimum absolute atomic E-state index is 0.120. The van der Waals surface area contributed by atoms with Gasteiger partial charge in [-0.05, 0) is 60.9 Å². The largest absolute Gasteiger partial charge is 0.494 e. The van der Waals surface area contributed by atoms with Gasteiger partial charge in [0, 0.05) is 6.54 Å². The molecule has 0 radical (unpaired) electrons. The van der Waals surface area contributed by atoms with E-state index in [0.717, 1.165) is 16.9 Å². The summed E-state index contributed by atoms with van der Waals surface area (Å²) in [6, 6.07) is 12.2. The summed E-state index contributed by atoms with van der Waals surface area (Å²) in [5, 5.41) is 9.62. The van der Waals surface area contributed by atoms with Gasteiger partial charge in [-0.1, -0.05) is 12.1 Å². The van der Waals surface area contributed by atoms with E-state index in [1.807, 2.05) is 37.3 Å². The van der Waals surface area contributed by atoms with Crippen molar-refractivity contribution in [1.29, 1.82) is 0 Å². The zero-order valence-electron chi connectivity index (χ0n) is 14.8. The summed E-state index contributed by atoms with van der Waals surface area (Å²) in [7, 11) is 0. The number of carbonyl (C=O) groups is 1. The van der Waals surface area contributed by atoms with Crippen molar-refractivity contribution < 1.29 is 14.6 Å². The lowest BCUT2D eigenvalue weighted by molar-refractivity contribution is 0.0697. The summed E-state index contributed by atoms with van der Waals surface area (Å²) >= 11 is 0. The molecule has 1 aliphatic rings. The molecular weight excluding hydrogens is 344 g/mol. The maximum absolute atomic E-state index is 12.7. The molecule has 3 aromatic rings. The first-order valence-electron chi connectivity index (χ1n) is 8.78. The van der Waals surface area contributed by atoms with E-state index in [9.17, 15) is 14.7 Å². The standard InChI is InChI=1S/C21H18N2O4/c1-2-27-16-6-3-13(4-7-16)11-14-9-10-23-19(14)22-18-12-15(21(25)26)5-8-17(18)20(23)24/h3-8,11-12H,2,9-10H2,1H3,(H,25,26). The Kier molecular flexibility index (Phi) is 4.24. The molecule has 0 fully saturated rings. The lowest BCUT2D eigenvalue weighted by Crippen LogP contribution is -2.20. The highest BCUT2D eigenvalue weighted by atomic mass is 16.5. The van der Waals surface area contributed by atoms with Gasteiger partial charge in [0.1, 0.15) is 11.6 Å². The number of allylic oxidation sites excluding steroid dienone is 1. The number of aromatic nitrogens is 2. The van der Waals surface area contributed by atoms with Crippen LogP contribution in [-0.2, 0) is 6.54 Å². The maximum atomic E-state index is 12.7. The van der Waals surface area contributed by atoms with Crippen LogP contribution in [0.5, 0.6) is 5.75 Å². The van der Waals surface area contributed by atoms with Crippen LogP contribution in [0.3, 0.4) is 0 Å². The first-order chi connectivity index (χ1) is 13.1. The van der Waals surface area contributed by atoms with Crippen LogP contribution < -0.4 is 10.3 Å². The lowest BCUT2D eigenvalue weighted by atomic mass is 10.1. The van der Waals surface area contributed by atoms with Gasteiger partial charge in [0.2, 0.25) is 0 Å². The maximum Gasteiger partial charge on any atom is 0.335 e. The van der Waals surface area contributed by atoms with E-state index < -0.39 is 5.97 Å². The summed E-state index contributed by atoms with van der Waals surface area (Å²) in [5.41, 5.74) is 2.34. The Bertz CT molecular complexity index is 1130. The number of hydrogen-bond donors (Lipinski definition) is 1. The number of ether oxygens (including phenoxy) is 1. The lowest BCUT2D eigenvalue weighted by Gasteiger charge is -2.07. The predicted molar refractivity (Wildman–Crippen MR) is 103 cm³/mol. The van der Waals surface area contributed by atoms with Crippen LogP contribution >= 0.6 is 0 Å². The van der Waals surface area contributed by atoms with Crippen LogP contribution in [0.4, 0.5) is 0 Å². The van der Waals surface area contributed by atoms with Gasteiger partial charge in [-0.25, -0.2) is 9.78 Å². The first-order valence-corrected chi connectivity index (χ1v) is 8.78. The molecule has 0 saturated carbocycles. The summed E-state index contributed by atoms with van der Waals surface area (Å²) in [6.45, 7) is 3.13. The van der Waals surface area contributed by atoms with Crippen LogP contribution in [0.15, 0.2) is 47.3 Å². The van der Waals surface area contributed by atoms with Crippen LogP contribution in [0, 0.1) is 0 Å². The smallest absolute Gasteiger partial charge is 0.335 e. The molecule has 136 valence electrons. The van der Waals surface area contributed by atoms with E-state index in [-0.39, 0.29) is 11.1 Å². The third-order valence-corrected chi connectivity index (χ3v) is 4.63. The summed E-state index contributed by atoms with van der Waals surface area (Å²) < 4.78 is 7.11. The number of fused-ring (bicyclic) bond motifs is 2. The highest BCUT2D eigenvalue weighted by molar-refractivity contribution is 5.93. The summed E-state index contributed by atoms with van der Waals surface area (Å²) in [5.74, 6) is 0.376. The second kappa shape index (κ2) is 6.72. The van der Waals surface area contributed by atoms with Gasteiger partial charge in [-0.3, -0.25) is 9.36 Å². The molecule has 0 amide bonds. The average molecular weight is 362 g/mol. The number of carboxylic acid groups (broad SMARTS) is 1. The fourth-order valence-electron chi connectivity index (χ4n) is 3.32. The number of aromatic carboxylic acids is 1. The van der Waals surface area contributed by atoms with E-state index in [2.05, 4.69) is 4.98 Å². The van der Waals surface area contributed by atoms with Crippen molar-refractivity contribution in [1.82, 2.24) is 9.55 Å². The number of nitrogens with zero attached hydrogens (tertiary/aromatic N) is 2. The Balaban J connectivity index is 1.79. The van der Waals surface area contributed by atoms with Crippen molar-refractivity contribution >= 4 is 28.5 Å². The van der Waals surface area contributed by atoms with Crippen LogP contribution in [0.25, 0.3) is 22.6 Å². The quantitative estimate of drug-likeness (QED) is 0.769. The van der Waals surface area contributed by atoms with Crippen molar-refractivity contribution in [2.45, 2.75) is 19.9 Å². The molecule has 1 aliphatic heterocycles. The topological polar surface area (TPSA) is 81.4 Å². The molecule has 1 aromatic heterocycles. The Morgan fingerprint density at radius 2 is 2.04 bits per heavy atom. The van der Waals surface area contributed by atoms with Crippen LogP contribution in [0.1, 0.15) is 35.1 Å². The van der Waals surface area contributed by atoms with Crippen LogP contribution in [-0.4, -0.2) is 27.2 Å². The van der Waals surface area contributed by atoms with Gasteiger partial charge in [0.25, 0.3) is 5.56 Å². The molecular formula is C21H18N2O4. The zero-order valence-corrected chi connectivity index (χ0v) is 14.8. The highest BCUT2D eigenvalue weighted by Gasteiger charge is 2.21. The Morgan fingerprint density at radius 3 is 2.74 bits per heavy atom. The molecule has 0 unspecified atom stereocenters. The second-order valence-corrected chi connectivity index (χ2v) is 6.35. The van der Waals surface area contributed by atoms with Crippen molar-refractivity contribution in [2.75, 3.05) is 6.61 Å². The third kappa shape index (κ3) is 3.10. The minimum Gasteiger partial charge on any atom is -0.494 e. The molecule has 0 bridgehead atoms. The molecule has 4 rings (SSSR count). The van der Waals surface area contributed by atoms with Crippen molar-refractivity contribution in [3.63, 3.8) is 0 Å². The molecule has 0 atom stereocenters. The molecule has 0 aliphatic carbocycles. The van der Waals surface area contributed by atoms with Crippen LogP contribution in [0.2, 0.25) is 0 Å². The fourth-order valence-corrected chi connectivity index (χ4v) is 3.32. The van der Waals surface area contributed by atoms with Gasteiger partial charge in [0.05, 0.1) is 23.1 Å². The Labute approximate surface area is 155 Å². The average Bonchev–Trinajstić information content (AvgIpc) is 3.06. The van der Waals surface area contributed by atoms with Crippen molar-refractivity contribution in [3.05, 3.63) is 69.8 Å². The van der Waals surface area contributed by atoms with Gasteiger partial charge < -0.3 is 9.84 Å². The molecule has 2 aromatic carbocycles. The SMILES string of the molecule is CCOc1ccc(C=C2CCn3c2nc2cc(C(=O)O)ccc2c3=O)cc1. The molecule has 6 heteroatoms. The molecule has 6 nitrogen and oxygen atoms in total. The molecule has 0 saturated heterocycles. The fraction of sp³-hybridized carbons (Fsp3) is 0.190. The van der Waals surface area contributed by atoms with E-state index in [1.165, 1.54) is 18.2 Å². The Morgan fingerprint density at radius 1 is 1.26 bits per heavy atom. The Hall–Kier alpha value is -3.41. The van der Waals surface area contributed by atoms with E-state index in [1.54, 1.807) is 4.57 Å². The molecule has 1 N–H and O–H groups in total. The normalized spacial score (nSPS) is 14.5. The van der Waals surface area contributed by atoms with Gasteiger partial charge in [-0.2, -0.15) is 0 Å². The summed E-state index contributed by atoms with van der Waals surface area (Å²) in [6.07, 6.45) is 2.71. The molecule has 0 spiro atoms. The number of carboxylic acids is 1. The number of benzene rings is 2. The van der Waals surface area contributed by atoms with E-state index >= 15 is 0 Å². The predicted octanol–water partition coefficient (Wildman–Crippen LogP) is 3.44.